The summed E-state index contributed by atoms with van der Waals surface area (Å²) in [7, 11) is 1.23. The lowest BCUT2D eigenvalue weighted by atomic mass is 10.2. The SMILES string of the molecule is Cc1nn(C)c(Cl)c1CN1CCS(=O)CC1. The van der Waals surface area contributed by atoms with Crippen LogP contribution in [0, 0.1) is 6.92 Å². The Morgan fingerprint density at radius 2 is 2.06 bits per heavy atom. The van der Waals surface area contributed by atoms with Gasteiger partial charge in [-0.1, -0.05) is 11.6 Å². The smallest absolute Gasteiger partial charge is 0.131 e. The quantitative estimate of drug-likeness (QED) is 0.796. The fourth-order valence-corrected chi connectivity index (χ4v) is 3.27. The van der Waals surface area contributed by atoms with E-state index in [0.29, 0.717) is 5.15 Å². The van der Waals surface area contributed by atoms with Crippen molar-refractivity contribution in [2.24, 2.45) is 7.05 Å². The lowest BCUT2D eigenvalue weighted by Crippen LogP contribution is -2.37. The Labute approximate surface area is 103 Å². The van der Waals surface area contributed by atoms with Crippen LogP contribution >= 0.6 is 11.6 Å². The largest absolute Gasteiger partial charge is 0.297 e. The van der Waals surface area contributed by atoms with E-state index in [4.69, 9.17) is 11.6 Å². The Morgan fingerprint density at radius 3 is 2.56 bits per heavy atom. The highest BCUT2D eigenvalue weighted by atomic mass is 35.5. The molecule has 1 aliphatic heterocycles. The summed E-state index contributed by atoms with van der Waals surface area (Å²) in [5.41, 5.74) is 2.08. The molecule has 0 aliphatic carbocycles. The Morgan fingerprint density at radius 1 is 1.44 bits per heavy atom. The minimum Gasteiger partial charge on any atom is -0.297 e. The molecule has 1 aliphatic rings. The van der Waals surface area contributed by atoms with Crippen molar-refractivity contribution >= 4 is 22.4 Å². The Bertz CT molecular complexity index is 408. The average molecular weight is 262 g/mol. The highest BCUT2D eigenvalue weighted by molar-refractivity contribution is 7.85. The first kappa shape index (κ1) is 12.1. The second-order valence-corrected chi connectivity index (χ2v) is 6.16. The van der Waals surface area contributed by atoms with Gasteiger partial charge in [0.2, 0.25) is 0 Å². The summed E-state index contributed by atoms with van der Waals surface area (Å²) in [6, 6.07) is 0. The fraction of sp³-hybridized carbons (Fsp3) is 0.700. The van der Waals surface area contributed by atoms with Gasteiger partial charge in [0, 0.05) is 54.6 Å². The van der Waals surface area contributed by atoms with Gasteiger partial charge in [0.25, 0.3) is 0 Å². The second-order valence-electron chi connectivity index (χ2n) is 4.10. The van der Waals surface area contributed by atoms with Gasteiger partial charge in [0.05, 0.1) is 5.69 Å². The summed E-state index contributed by atoms with van der Waals surface area (Å²) in [4.78, 5) is 2.29. The van der Waals surface area contributed by atoms with Gasteiger partial charge in [-0.3, -0.25) is 13.8 Å². The predicted molar refractivity (Wildman–Crippen MR) is 66.1 cm³/mol. The van der Waals surface area contributed by atoms with Crippen molar-refractivity contribution < 1.29 is 4.21 Å². The van der Waals surface area contributed by atoms with Crippen molar-refractivity contribution in [1.82, 2.24) is 14.7 Å². The molecule has 0 saturated carbocycles. The molecule has 2 heterocycles. The summed E-state index contributed by atoms with van der Waals surface area (Å²) in [5.74, 6) is 1.55. The molecule has 0 atom stereocenters. The molecule has 90 valence electrons. The zero-order chi connectivity index (χ0) is 11.7. The van der Waals surface area contributed by atoms with Gasteiger partial charge in [-0.15, -0.1) is 0 Å². The summed E-state index contributed by atoms with van der Waals surface area (Å²) < 4.78 is 12.9. The molecule has 4 nitrogen and oxygen atoms in total. The Hall–Kier alpha value is -0.390. The zero-order valence-electron chi connectivity index (χ0n) is 9.57. The lowest BCUT2D eigenvalue weighted by Gasteiger charge is -2.25. The first-order valence-corrected chi connectivity index (χ1v) is 7.20. The van der Waals surface area contributed by atoms with Crippen molar-refractivity contribution in [2.45, 2.75) is 13.5 Å². The molecule has 1 aromatic heterocycles. The number of halogens is 1. The molecule has 2 rings (SSSR count). The average Bonchev–Trinajstić information content (AvgIpc) is 2.48. The van der Waals surface area contributed by atoms with Crippen molar-refractivity contribution in [3.05, 3.63) is 16.4 Å². The molecule has 0 N–H and O–H groups in total. The molecule has 0 unspecified atom stereocenters. The summed E-state index contributed by atoms with van der Waals surface area (Å²) in [6.07, 6.45) is 0. The maximum atomic E-state index is 11.2. The lowest BCUT2D eigenvalue weighted by molar-refractivity contribution is 0.291. The number of hydrogen-bond acceptors (Lipinski definition) is 3. The van der Waals surface area contributed by atoms with Gasteiger partial charge in [-0.05, 0) is 6.92 Å². The Kier molecular flexibility index (Phi) is 3.66. The molecule has 1 saturated heterocycles. The molecular weight excluding hydrogens is 246 g/mol. The molecule has 1 fully saturated rings. The van der Waals surface area contributed by atoms with Crippen LogP contribution in [0.15, 0.2) is 0 Å². The van der Waals surface area contributed by atoms with Gasteiger partial charge in [-0.2, -0.15) is 5.10 Å². The van der Waals surface area contributed by atoms with Crippen LogP contribution < -0.4 is 0 Å². The van der Waals surface area contributed by atoms with Crippen LogP contribution in [-0.2, 0) is 24.4 Å². The van der Waals surface area contributed by atoms with Crippen molar-refractivity contribution in [2.75, 3.05) is 24.6 Å². The number of nitrogens with zero attached hydrogens (tertiary/aromatic N) is 3. The van der Waals surface area contributed by atoms with Gasteiger partial charge in [0.1, 0.15) is 5.15 Å². The molecule has 0 amide bonds. The highest BCUT2D eigenvalue weighted by Crippen LogP contribution is 2.20. The standard InChI is InChI=1S/C10H16ClN3OS/c1-8-9(10(11)13(2)12-8)7-14-3-5-16(15)6-4-14/h3-7H2,1-2H3. The van der Waals surface area contributed by atoms with Crippen LogP contribution in [0.5, 0.6) is 0 Å². The number of aryl methyl sites for hydroxylation is 2. The first-order chi connectivity index (χ1) is 7.58. The third kappa shape index (κ3) is 2.47. The monoisotopic (exact) mass is 261 g/mol. The normalized spacial score (nSPS) is 19.2. The minimum absolute atomic E-state index is 0.620. The van der Waals surface area contributed by atoms with E-state index >= 15 is 0 Å². The van der Waals surface area contributed by atoms with Crippen LogP contribution in [0.4, 0.5) is 0 Å². The van der Waals surface area contributed by atoms with E-state index in [9.17, 15) is 4.21 Å². The van der Waals surface area contributed by atoms with E-state index in [0.717, 1.165) is 42.4 Å². The molecule has 6 heteroatoms. The van der Waals surface area contributed by atoms with Crippen LogP contribution in [0.2, 0.25) is 5.15 Å². The fourth-order valence-electron chi connectivity index (χ4n) is 1.91. The predicted octanol–water partition coefficient (Wildman–Crippen LogP) is 0.946. The molecule has 0 radical (unpaired) electrons. The van der Waals surface area contributed by atoms with E-state index in [1.165, 1.54) is 0 Å². The van der Waals surface area contributed by atoms with Gasteiger partial charge in [-0.25, -0.2) is 0 Å². The molecular formula is C10H16ClN3OS. The van der Waals surface area contributed by atoms with Crippen LogP contribution in [0.25, 0.3) is 0 Å². The first-order valence-electron chi connectivity index (χ1n) is 5.33. The van der Waals surface area contributed by atoms with Crippen LogP contribution in [0.3, 0.4) is 0 Å². The molecule has 0 bridgehead atoms. The van der Waals surface area contributed by atoms with E-state index in [-0.39, 0.29) is 0 Å². The van der Waals surface area contributed by atoms with E-state index in [1.807, 2.05) is 14.0 Å². The van der Waals surface area contributed by atoms with Crippen LogP contribution in [0.1, 0.15) is 11.3 Å². The number of hydrogen-bond donors (Lipinski definition) is 0. The van der Waals surface area contributed by atoms with E-state index < -0.39 is 10.8 Å². The molecule has 1 aromatic rings. The number of aromatic nitrogens is 2. The summed E-state index contributed by atoms with van der Waals surface area (Å²) in [6.45, 7) is 4.56. The van der Waals surface area contributed by atoms with Crippen molar-refractivity contribution in [3.63, 3.8) is 0 Å². The topological polar surface area (TPSA) is 38.1 Å². The zero-order valence-corrected chi connectivity index (χ0v) is 11.1. The van der Waals surface area contributed by atoms with Gasteiger partial charge < -0.3 is 0 Å². The maximum Gasteiger partial charge on any atom is 0.131 e. The molecule has 16 heavy (non-hydrogen) atoms. The van der Waals surface area contributed by atoms with Gasteiger partial charge in [0.15, 0.2) is 0 Å². The van der Waals surface area contributed by atoms with E-state index in [1.54, 1.807) is 4.68 Å². The highest BCUT2D eigenvalue weighted by Gasteiger charge is 2.19. The molecule has 0 spiro atoms. The molecule has 0 aromatic carbocycles. The summed E-state index contributed by atoms with van der Waals surface area (Å²) >= 11 is 6.18. The minimum atomic E-state index is -0.620. The summed E-state index contributed by atoms with van der Waals surface area (Å²) in [5, 5.41) is 5.00. The van der Waals surface area contributed by atoms with Crippen LogP contribution in [-0.4, -0.2) is 43.5 Å². The number of rotatable bonds is 2. The third-order valence-electron chi connectivity index (χ3n) is 2.92. The Balaban J connectivity index is 2.06. The third-order valence-corrected chi connectivity index (χ3v) is 4.67. The van der Waals surface area contributed by atoms with Crippen molar-refractivity contribution in [1.29, 1.82) is 0 Å². The second kappa shape index (κ2) is 4.85. The maximum absolute atomic E-state index is 11.2. The van der Waals surface area contributed by atoms with Gasteiger partial charge >= 0.3 is 0 Å². The van der Waals surface area contributed by atoms with E-state index in [2.05, 4.69) is 10.00 Å². The van der Waals surface area contributed by atoms with Crippen molar-refractivity contribution in [3.8, 4) is 0 Å².